The van der Waals surface area contributed by atoms with Crippen molar-refractivity contribution in [3.63, 3.8) is 0 Å². The molecule has 2 aliphatic rings. The summed E-state index contributed by atoms with van der Waals surface area (Å²) in [6, 6.07) is 13.4. The Balaban J connectivity index is 1.40. The Morgan fingerprint density at radius 1 is 1.11 bits per heavy atom. The number of carbonyl (C=O) groups excluding carboxylic acids is 2. The number of hydrogen-bond donors (Lipinski definition) is 2. The van der Waals surface area contributed by atoms with Gasteiger partial charge in [-0.3, -0.25) is 15.1 Å². The summed E-state index contributed by atoms with van der Waals surface area (Å²) >= 11 is 1.42. The minimum absolute atomic E-state index is 0.0173. The van der Waals surface area contributed by atoms with E-state index < -0.39 is 0 Å². The van der Waals surface area contributed by atoms with E-state index in [1.165, 1.54) is 11.3 Å². The first-order valence-corrected chi connectivity index (χ1v) is 13.0. The van der Waals surface area contributed by atoms with Crippen LogP contribution in [0.15, 0.2) is 36.4 Å². The lowest BCUT2D eigenvalue weighted by Gasteiger charge is -2.43. The quantitative estimate of drug-likeness (QED) is 0.532. The second-order valence-electron chi connectivity index (χ2n) is 9.72. The number of urea groups is 1. The number of aryl methyl sites for hydroxylation is 2. The Hall–Kier alpha value is -3.77. The van der Waals surface area contributed by atoms with E-state index in [9.17, 15) is 14.9 Å². The van der Waals surface area contributed by atoms with Crippen LogP contribution in [0.1, 0.15) is 42.6 Å². The van der Waals surface area contributed by atoms with Gasteiger partial charge in [0.1, 0.15) is 0 Å². The Morgan fingerprint density at radius 3 is 2.56 bits per heavy atom. The van der Waals surface area contributed by atoms with Crippen molar-refractivity contribution in [3.8, 4) is 27.8 Å². The largest absolute Gasteiger partial charge is 0.356 e. The summed E-state index contributed by atoms with van der Waals surface area (Å²) < 4.78 is 0. The number of piperidine rings is 2. The molecule has 9 heteroatoms. The lowest BCUT2D eigenvalue weighted by molar-refractivity contribution is -0.126. The Bertz CT molecular complexity index is 1350. The lowest BCUT2D eigenvalue weighted by Crippen LogP contribution is -2.49. The van der Waals surface area contributed by atoms with E-state index in [1.54, 1.807) is 6.07 Å². The molecule has 1 spiro atoms. The van der Waals surface area contributed by atoms with Crippen molar-refractivity contribution < 1.29 is 9.59 Å². The predicted octanol–water partition coefficient (Wildman–Crippen LogP) is 4.88. The minimum atomic E-state index is -0.176. The van der Waals surface area contributed by atoms with Gasteiger partial charge >= 0.3 is 6.03 Å². The molecule has 8 nitrogen and oxygen atoms in total. The predicted molar refractivity (Wildman–Crippen MR) is 139 cm³/mol. The fourth-order valence-electron chi connectivity index (χ4n) is 5.21. The maximum absolute atomic E-state index is 13.2. The number of likely N-dealkylation sites (tertiary alicyclic amines) is 1. The number of carbonyl (C=O) groups is 2. The zero-order chi connectivity index (χ0) is 25.3. The molecular formula is C27H28N6O2S. The van der Waals surface area contributed by atoms with Gasteiger partial charge in [0, 0.05) is 43.0 Å². The average molecular weight is 501 g/mol. The molecule has 3 amide bonds. The fourth-order valence-corrected chi connectivity index (χ4v) is 6.17. The van der Waals surface area contributed by atoms with Crippen LogP contribution in [0.3, 0.4) is 0 Å². The van der Waals surface area contributed by atoms with Crippen LogP contribution >= 0.6 is 11.3 Å². The highest BCUT2D eigenvalue weighted by molar-refractivity contribution is 7.19. The standard InChI is InChI=1S/C27H28N6O2S/c1-17-12-21(13-18(2)30-17)24-23(20-5-3-4-19(14-20)16-28)31-25(36-24)32-26(35)33-10-7-27(8-11-33)6-9-29-22(34)15-27/h3-5,12-14H,6-11,15H2,1-2H3,(H,29,34)(H,31,32,35). The molecule has 2 N–H and O–H groups in total. The number of anilines is 1. The summed E-state index contributed by atoms with van der Waals surface area (Å²) in [6.45, 7) is 5.87. The molecular weight excluding hydrogens is 472 g/mol. The SMILES string of the molecule is Cc1cc(-c2sc(NC(=O)N3CCC4(CCNC(=O)C4)CC3)nc2-c2cccc(C#N)c2)cc(C)n1. The van der Waals surface area contributed by atoms with Gasteiger partial charge in [-0.25, -0.2) is 9.78 Å². The summed E-state index contributed by atoms with van der Waals surface area (Å²) in [6.07, 6.45) is 3.19. The van der Waals surface area contributed by atoms with E-state index in [-0.39, 0.29) is 17.4 Å². The fraction of sp³-hybridized carbons (Fsp3) is 0.370. The normalized spacial score (nSPS) is 16.9. The number of hydrogen-bond acceptors (Lipinski definition) is 6. The van der Waals surface area contributed by atoms with Crippen molar-refractivity contribution in [2.45, 2.75) is 39.5 Å². The molecule has 1 aromatic carbocycles. The van der Waals surface area contributed by atoms with Crippen LogP contribution in [0.25, 0.3) is 21.7 Å². The molecule has 184 valence electrons. The molecule has 0 aliphatic carbocycles. The second kappa shape index (κ2) is 9.70. The van der Waals surface area contributed by atoms with E-state index in [0.29, 0.717) is 30.2 Å². The zero-order valence-corrected chi connectivity index (χ0v) is 21.2. The molecule has 3 aromatic rings. The molecule has 0 atom stereocenters. The number of rotatable bonds is 3. The van der Waals surface area contributed by atoms with Gasteiger partial charge < -0.3 is 10.2 Å². The molecule has 36 heavy (non-hydrogen) atoms. The van der Waals surface area contributed by atoms with Crippen molar-refractivity contribution in [2.24, 2.45) is 5.41 Å². The van der Waals surface area contributed by atoms with E-state index in [0.717, 1.165) is 58.9 Å². The van der Waals surface area contributed by atoms with Crippen LogP contribution in [-0.2, 0) is 4.79 Å². The molecule has 4 heterocycles. The molecule has 2 fully saturated rings. The van der Waals surface area contributed by atoms with E-state index in [4.69, 9.17) is 4.98 Å². The Kier molecular flexibility index (Phi) is 6.46. The first-order valence-electron chi connectivity index (χ1n) is 12.1. The highest BCUT2D eigenvalue weighted by atomic mass is 32.1. The van der Waals surface area contributed by atoms with Gasteiger partial charge in [-0.05, 0) is 68.4 Å². The van der Waals surface area contributed by atoms with Gasteiger partial charge in [0.2, 0.25) is 5.91 Å². The first kappa shape index (κ1) is 23.9. The monoisotopic (exact) mass is 500 g/mol. The van der Waals surface area contributed by atoms with Crippen LogP contribution in [0, 0.1) is 30.6 Å². The van der Waals surface area contributed by atoms with Crippen LogP contribution in [0.4, 0.5) is 9.93 Å². The topological polar surface area (TPSA) is 111 Å². The summed E-state index contributed by atoms with van der Waals surface area (Å²) in [5, 5.41) is 15.8. The third-order valence-corrected chi connectivity index (χ3v) is 8.09. The maximum Gasteiger partial charge on any atom is 0.323 e. The third kappa shape index (κ3) is 4.95. The number of benzene rings is 1. The molecule has 0 radical (unpaired) electrons. The molecule has 2 aromatic heterocycles. The van der Waals surface area contributed by atoms with Gasteiger partial charge in [0.25, 0.3) is 0 Å². The van der Waals surface area contributed by atoms with Gasteiger partial charge in [-0.15, -0.1) is 0 Å². The number of nitriles is 1. The van der Waals surface area contributed by atoms with Gasteiger partial charge in [-0.1, -0.05) is 23.5 Å². The number of nitrogens with zero attached hydrogens (tertiary/aromatic N) is 4. The second-order valence-corrected chi connectivity index (χ2v) is 10.7. The van der Waals surface area contributed by atoms with Crippen molar-refractivity contribution in [2.75, 3.05) is 25.0 Å². The van der Waals surface area contributed by atoms with Gasteiger partial charge in [0.15, 0.2) is 5.13 Å². The van der Waals surface area contributed by atoms with Gasteiger partial charge in [0.05, 0.1) is 22.2 Å². The maximum atomic E-state index is 13.2. The minimum Gasteiger partial charge on any atom is -0.356 e. The van der Waals surface area contributed by atoms with Gasteiger partial charge in [-0.2, -0.15) is 5.26 Å². The van der Waals surface area contributed by atoms with E-state index >= 15 is 0 Å². The lowest BCUT2D eigenvalue weighted by atomic mass is 9.71. The average Bonchev–Trinajstić information content (AvgIpc) is 3.27. The highest BCUT2D eigenvalue weighted by Crippen LogP contribution is 2.41. The number of thiazole rings is 1. The number of pyridine rings is 1. The zero-order valence-electron chi connectivity index (χ0n) is 20.4. The Labute approximate surface area is 214 Å². The number of amides is 3. The van der Waals surface area contributed by atoms with Crippen molar-refractivity contribution in [1.29, 1.82) is 5.26 Å². The summed E-state index contributed by atoms with van der Waals surface area (Å²) in [5.41, 5.74) is 4.90. The summed E-state index contributed by atoms with van der Waals surface area (Å²) in [7, 11) is 0. The molecule has 2 saturated heterocycles. The summed E-state index contributed by atoms with van der Waals surface area (Å²) in [5.74, 6) is 0.115. The van der Waals surface area contributed by atoms with Crippen molar-refractivity contribution in [1.82, 2.24) is 20.2 Å². The smallest absolute Gasteiger partial charge is 0.323 e. The van der Waals surface area contributed by atoms with Crippen LogP contribution in [0.2, 0.25) is 0 Å². The first-order chi connectivity index (χ1) is 17.3. The number of aromatic nitrogens is 2. The van der Waals surface area contributed by atoms with Crippen LogP contribution in [0.5, 0.6) is 0 Å². The highest BCUT2D eigenvalue weighted by Gasteiger charge is 2.39. The van der Waals surface area contributed by atoms with Crippen LogP contribution in [-0.4, -0.2) is 46.4 Å². The van der Waals surface area contributed by atoms with Crippen molar-refractivity contribution in [3.05, 3.63) is 53.3 Å². The number of nitrogens with one attached hydrogen (secondary N) is 2. The van der Waals surface area contributed by atoms with Crippen LogP contribution < -0.4 is 10.6 Å². The molecule has 0 bridgehead atoms. The summed E-state index contributed by atoms with van der Waals surface area (Å²) in [4.78, 5) is 37.1. The molecule has 0 saturated carbocycles. The molecule has 0 unspecified atom stereocenters. The molecule has 5 rings (SSSR count). The molecule has 2 aliphatic heterocycles. The Morgan fingerprint density at radius 2 is 1.86 bits per heavy atom. The van der Waals surface area contributed by atoms with E-state index in [2.05, 4.69) is 21.7 Å². The van der Waals surface area contributed by atoms with Crippen molar-refractivity contribution >= 4 is 28.4 Å². The third-order valence-electron chi connectivity index (χ3n) is 7.07. The van der Waals surface area contributed by atoms with E-state index in [1.807, 2.05) is 49.1 Å².